The first kappa shape index (κ1) is 19.3. The molecule has 2 amide bonds. The Labute approximate surface area is 153 Å². The third-order valence-electron chi connectivity index (χ3n) is 3.71. The number of nitrogens with one attached hydrogen (secondary N) is 3. The first-order valence-corrected chi connectivity index (χ1v) is 8.62. The molecule has 3 N–H and O–H groups in total. The third-order valence-corrected chi connectivity index (χ3v) is 3.71. The van der Waals surface area contributed by atoms with Crippen LogP contribution in [0.15, 0.2) is 42.5 Å². The van der Waals surface area contributed by atoms with Crippen LogP contribution in [-0.2, 0) is 4.79 Å². The second-order valence-corrected chi connectivity index (χ2v) is 6.05. The molecule has 0 radical (unpaired) electrons. The highest BCUT2D eigenvalue weighted by Crippen LogP contribution is 2.15. The van der Waals surface area contributed by atoms with Gasteiger partial charge in [0.2, 0.25) is 0 Å². The maximum Gasteiger partial charge on any atom is 0.269 e. The molecular weight excluding hydrogens is 330 g/mol. The van der Waals surface area contributed by atoms with E-state index in [4.69, 9.17) is 4.74 Å². The summed E-state index contributed by atoms with van der Waals surface area (Å²) in [5, 5.41) is 3.05. The molecule has 0 aliphatic heterocycles. The average Bonchev–Trinajstić information content (AvgIpc) is 2.64. The molecule has 0 aromatic heterocycles. The zero-order chi connectivity index (χ0) is 18.9. The minimum atomic E-state index is -0.396. The van der Waals surface area contributed by atoms with Gasteiger partial charge in [-0.05, 0) is 50.1 Å². The molecule has 2 rings (SSSR count). The van der Waals surface area contributed by atoms with E-state index in [2.05, 4.69) is 16.2 Å². The largest absolute Gasteiger partial charge is 0.494 e. The van der Waals surface area contributed by atoms with Crippen molar-refractivity contribution in [1.29, 1.82) is 0 Å². The van der Waals surface area contributed by atoms with Crippen LogP contribution in [0, 0.1) is 13.8 Å². The van der Waals surface area contributed by atoms with Gasteiger partial charge in [0.1, 0.15) is 5.75 Å². The van der Waals surface area contributed by atoms with Crippen molar-refractivity contribution in [1.82, 2.24) is 10.9 Å². The van der Waals surface area contributed by atoms with Gasteiger partial charge in [-0.15, -0.1) is 0 Å². The van der Waals surface area contributed by atoms with Crippen molar-refractivity contribution >= 4 is 17.5 Å². The maximum atomic E-state index is 12.1. The number of carbonyl (C=O) groups is 2. The number of benzene rings is 2. The van der Waals surface area contributed by atoms with Crippen LogP contribution in [0.25, 0.3) is 0 Å². The van der Waals surface area contributed by atoms with Gasteiger partial charge >= 0.3 is 0 Å². The van der Waals surface area contributed by atoms with E-state index in [9.17, 15) is 9.59 Å². The second kappa shape index (κ2) is 9.46. The molecule has 0 aliphatic carbocycles. The number of rotatable bonds is 7. The molecule has 6 nitrogen and oxygen atoms in total. The number of aryl methyl sites for hydroxylation is 2. The molecule has 0 saturated heterocycles. The molecule has 0 fully saturated rings. The predicted octanol–water partition coefficient (Wildman–Crippen LogP) is 2.97. The monoisotopic (exact) mass is 355 g/mol. The molecule has 0 saturated carbocycles. The Morgan fingerprint density at radius 2 is 1.85 bits per heavy atom. The lowest BCUT2D eigenvalue weighted by Gasteiger charge is -2.12. The Morgan fingerprint density at radius 3 is 2.58 bits per heavy atom. The lowest BCUT2D eigenvalue weighted by Crippen LogP contribution is -2.44. The minimum Gasteiger partial charge on any atom is -0.494 e. The summed E-state index contributed by atoms with van der Waals surface area (Å²) in [6.45, 7) is 6.65. The van der Waals surface area contributed by atoms with Crippen LogP contribution in [0.2, 0.25) is 0 Å². The quantitative estimate of drug-likeness (QED) is 0.667. The van der Waals surface area contributed by atoms with Gasteiger partial charge < -0.3 is 10.1 Å². The number of hydrogen-bond donors (Lipinski definition) is 3. The molecule has 2 aromatic carbocycles. The highest BCUT2D eigenvalue weighted by Gasteiger charge is 2.09. The molecule has 0 aliphatic rings. The van der Waals surface area contributed by atoms with Gasteiger partial charge in [-0.1, -0.05) is 30.7 Å². The van der Waals surface area contributed by atoms with Crippen LogP contribution in [0.3, 0.4) is 0 Å². The highest BCUT2D eigenvalue weighted by atomic mass is 16.5. The summed E-state index contributed by atoms with van der Waals surface area (Å²) in [5.74, 6) is -0.106. The topological polar surface area (TPSA) is 79.5 Å². The summed E-state index contributed by atoms with van der Waals surface area (Å²) >= 11 is 0. The van der Waals surface area contributed by atoms with Crippen LogP contribution in [0.1, 0.15) is 34.8 Å². The number of carbonyl (C=O) groups excluding carboxylic acids is 2. The number of hydrogen-bond acceptors (Lipinski definition) is 4. The van der Waals surface area contributed by atoms with Gasteiger partial charge in [-0.3, -0.25) is 20.4 Å². The zero-order valence-corrected chi connectivity index (χ0v) is 15.4. The van der Waals surface area contributed by atoms with Gasteiger partial charge in [-0.2, -0.15) is 0 Å². The summed E-state index contributed by atoms with van der Waals surface area (Å²) in [5.41, 5.74) is 8.34. The Hall–Kier alpha value is -3.02. The third kappa shape index (κ3) is 5.81. The fraction of sp³-hybridized carbons (Fsp3) is 0.300. The summed E-state index contributed by atoms with van der Waals surface area (Å²) in [6.07, 6.45) is 0.889. The van der Waals surface area contributed by atoms with Crippen molar-refractivity contribution in [3.63, 3.8) is 0 Å². The number of ether oxygens (including phenoxy) is 1. The molecule has 0 heterocycles. The average molecular weight is 355 g/mol. The molecule has 0 bridgehead atoms. The summed E-state index contributed by atoms with van der Waals surface area (Å²) in [7, 11) is 0. The first-order chi connectivity index (χ1) is 12.5. The van der Waals surface area contributed by atoms with Crippen molar-refractivity contribution in [2.75, 3.05) is 18.5 Å². The van der Waals surface area contributed by atoms with Crippen LogP contribution < -0.4 is 20.9 Å². The van der Waals surface area contributed by atoms with Gasteiger partial charge in [0.25, 0.3) is 11.8 Å². The van der Waals surface area contributed by atoms with Crippen LogP contribution in [0.4, 0.5) is 5.69 Å². The van der Waals surface area contributed by atoms with E-state index in [-0.39, 0.29) is 12.5 Å². The Morgan fingerprint density at radius 1 is 1.04 bits per heavy atom. The number of amides is 2. The Kier molecular flexibility index (Phi) is 7.02. The minimum absolute atomic E-state index is 0.0594. The normalized spacial score (nSPS) is 10.1. The van der Waals surface area contributed by atoms with E-state index in [0.717, 1.165) is 23.2 Å². The highest BCUT2D eigenvalue weighted by molar-refractivity contribution is 5.96. The van der Waals surface area contributed by atoms with Crippen molar-refractivity contribution < 1.29 is 14.3 Å². The Bertz CT molecular complexity index is 775. The summed E-state index contributed by atoms with van der Waals surface area (Å²) in [4.78, 5) is 24.1. The smallest absolute Gasteiger partial charge is 0.269 e. The molecule has 26 heavy (non-hydrogen) atoms. The van der Waals surface area contributed by atoms with Crippen molar-refractivity contribution in [2.24, 2.45) is 0 Å². The molecule has 2 aromatic rings. The molecule has 138 valence electrons. The van der Waals surface area contributed by atoms with Gasteiger partial charge in [-0.25, -0.2) is 0 Å². The van der Waals surface area contributed by atoms with Crippen molar-refractivity contribution in [3.05, 3.63) is 59.2 Å². The van der Waals surface area contributed by atoms with Crippen molar-refractivity contribution in [3.8, 4) is 5.75 Å². The maximum absolute atomic E-state index is 12.1. The lowest BCUT2D eigenvalue weighted by atomic mass is 10.1. The van der Waals surface area contributed by atoms with Crippen LogP contribution in [-0.4, -0.2) is 25.0 Å². The molecule has 0 unspecified atom stereocenters. The van der Waals surface area contributed by atoms with E-state index < -0.39 is 5.91 Å². The van der Waals surface area contributed by atoms with E-state index in [1.165, 1.54) is 0 Å². The Balaban J connectivity index is 1.82. The molecule has 0 atom stereocenters. The fourth-order valence-corrected chi connectivity index (χ4v) is 2.38. The molecule has 0 spiro atoms. The fourth-order valence-electron chi connectivity index (χ4n) is 2.38. The van der Waals surface area contributed by atoms with Crippen LogP contribution in [0.5, 0.6) is 5.75 Å². The molecule has 6 heteroatoms. The standard InChI is InChI=1S/C20H25N3O3/c1-4-10-26-17-7-5-6-16(12-17)20(25)23-22-19(24)13-21-18-9-8-14(2)11-15(18)3/h5-9,11-12,21H,4,10,13H2,1-3H3,(H,22,24)(H,23,25). The lowest BCUT2D eigenvalue weighted by molar-refractivity contribution is -0.120. The van der Waals surface area contributed by atoms with Gasteiger partial charge in [0.15, 0.2) is 0 Å². The van der Waals surface area contributed by atoms with E-state index in [0.29, 0.717) is 17.9 Å². The first-order valence-electron chi connectivity index (χ1n) is 8.62. The van der Waals surface area contributed by atoms with Crippen molar-refractivity contribution in [2.45, 2.75) is 27.2 Å². The van der Waals surface area contributed by atoms with Gasteiger partial charge in [0, 0.05) is 11.3 Å². The summed E-state index contributed by atoms with van der Waals surface area (Å²) < 4.78 is 5.50. The van der Waals surface area contributed by atoms with E-state index in [1.54, 1.807) is 24.3 Å². The zero-order valence-electron chi connectivity index (χ0n) is 15.4. The number of anilines is 1. The second-order valence-electron chi connectivity index (χ2n) is 6.05. The van der Waals surface area contributed by atoms with Crippen LogP contribution >= 0.6 is 0 Å². The van der Waals surface area contributed by atoms with E-state index in [1.807, 2.05) is 39.0 Å². The number of hydrazine groups is 1. The van der Waals surface area contributed by atoms with Gasteiger partial charge in [0.05, 0.1) is 13.2 Å². The molecular formula is C20H25N3O3. The summed E-state index contributed by atoms with van der Waals surface area (Å²) in [6, 6.07) is 12.8. The SMILES string of the molecule is CCCOc1cccc(C(=O)NNC(=O)CNc2ccc(C)cc2C)c1. The predicted molar refractivity (Wildman–Crippen MR) is 102 cm³/mol. The van der Waals surface area contributed by atoms with E-state index >= 15 is 0 Å².